The number of halogens is 1. The molecule has 4 rings (SSSR count). The van der Waals surface area contributed by atoms with Gasteiger partial charge >= 0.3 is 0 Å². The number of hydrogen-bond donors (Lipinski definition) is 1. The summed E-state index contributed by atoms with van der Waals surface area (Å²) in [6, 6.07) is 16.4. The maximum atomic E-state index is 13.3. The van der Waals surface area contributed by atoms with Crippen LogP contribution in [0.1, 0.15) is 17.2 Å². The first-order valence-corrected chi connectivity index (χ1v) is 8.77. The van der Waals surface area contributed by atoms with Crippen LogP contribution in [0.3, 0.4) is 0 Å². The van der Waals surface area contributed by atoms with E-state index in [1.807, 2.05) is 41.3 Å². The van der Waals surface area contributed by atoms with Gasteiger partial charge in [0.05, 0.1) is 0 Å². The topological polar surface area (TPSA) is 42.7 Å². The standard InChI is InChI=1S/C18H15FN4S/c1-24-18-21-17-20-15(12-5-3-2-4-6-12)11-16(23(17)22-18)13-7-9-14(19)10-8-13/h2-11,16H,1H3,(H,20,21,22). The van der Waals surface area contributed by atoms with Gasteiger partial charge in [-0.2, -0.15) is 4.98 Å². The molecule has 6 heteroatoms. The highest BCUT2D eigenvalue weighted by molar-refractivity contribution is 7.98. The summed E-state index contributed by atoms with van der Waals surface area (Å²) in [5.41, 5.74) is 3.01. The van der Waals surface area contributed by atoms with Gasteiger partial charge in [0.1, 0.15) is 11.9 Å². The third kappa shape index (κ3) is 2.69. The molecular formula is C18H15FN4S. The first kappa shape index (κ1) is 15.0. The second-order valence-corrected chi connectivity index (χ2v) is 6.21. The van der Waals surface area contributed by atoms with Crippen LogP contribution in [0.2, 0.25) is 0 Å². The van der Waals surface area contributed by atoms with E-state index in [4.69, 9.17) is 0 Å². The Hall–Kier alpha value is -2.60. The van der Waals surface area contributed by atoms with Gasteiger partial charge in [-0.3, -0.25) is 0 Å². The predicted molar refractivity (Wildman–Crippen MR) is 94.4 cm³/mol. The summed E-state index contributed by atoms with van der Waals surface area (Å²) < 4.78 is 15.1. The number of anilines is 1. The van der Waals surface area contributed by atoms with Crippen molar-refractivity contribution < 1.29 is 4.39 Å². The molecule has 0 radical (unpaired) electrons. The molecule has 0 saturated heterocycles. The molecular weight excluding hydrogens is 323 g/mol. The summed E-state index contributed by atoms with van der Waals surface area (Å²) in [4.78, 5) is 4.53. The lowest BCUT2D eigenvalue weighted by atomic mass is 10.0. The fraction of sp³-hybridized carbons (Fsp3) is 0.111. The van der Waals surface area contributed by atoms with Crippen LogP contribution in [0, 0.1) is 5.82 Å². The molecule has 0 amide bonds. The smallest absolute Gasteiger partial charge is 0.227 e. The molecule has 1 aliphatic rings. The van der Waals surface area contributed by atoms with Crippen molar-refractivity contribution in [3.8, 4) is 0 Å². The molecule has 2 heterocycles. The first-order chi connectivity index (χ1) is 11.7. The second-order valence-electron chi connectivity index (χ2n) is 5.43. The van der Waals surface area contributed by atoms with Crippen molar-refractivity contribution >= 4 is 23.4 Å². The highest BCUT2D eigenvalue weighted by atomic mass is 32.2. The van der Waals surface area contributed by atoms with Crippen molar-refractivity contribution in [2.75, 3.05) is 11.6 Å². The van der Waals surface area contributed by atoms with Crippen LogP contribution in [0.25, 0.3) is 5.70 Å². The van der Waals surface area contributed by atoms with Crippen molar-refractivity contribution in [3.05, 3.63) is 77.6 Å². The average Bonchev–Trinajstić information content (AvgIpc) is 3.05. The molecule has 1 aromatic heterocycles. The van der Waals surface area contributed by atoms with Crippen LogP contribution < -0.4 is 5.32 Å². The van der Waals surface area contributed by atoms with E-state index in [1.165, 1.54) is 23.9 Å². The number of thioether (sulfide) groups is 1. The summed E-state index contributed by atoms with van der Waals surface area (Å²) in [6.07, 6.45) is 4.04. The van der Waals surface area contributed by atoms with Crippen LogP contribution >= 0.6 is 11.8 Å². The minimum atomic E-state index is -0.247. The third-order valence-corrected chi connectivity index (χ3v) is 4.46. The number of nitrogens with one attached hydrogen (secondary N) is 1. The zero-order valence-electron chi connectivity index (χ0n) is 13.0. The Kier molecular flexibility index (Phi) is 3.82. The minimum absolute atomic E-state index is 0.134. The van der Waals surface area contributed by atoms with Crippen molar-refractivity contribution in [2.45, 2.75) is 11.2 Å². The van der Waals surface area contributed by atoms with Crippen molar-refractivity contribution in [1.29, 1.82) is 0 Å². The monoisotopic (exact) mass is 338 g/mol. The lowest BCUT2D eigenvalue weighted by Gasteiger charge is -2.24. The van der Waals surface area contributed by atoms with Gasteiger partial charge in [0, 0.05) is 5.70 Å². The zero-order valence-corrected chi connectivity index (χ0v) is 13.8. The van der Waals surface area contributed by atoms with Crippen molar-refractivity contribution in [2.24, 2.45) is 0 Å². The second kappa shape index (κ2) is 6.13. The summed E-state index contributed by atoms with van der Waals surface area (Å²) in [5.74, 6) is 0.443. The number of rotatable bonds is 3. The number of fused-ring (bicyclic) bond motifs is 1. The molecule has 1 aliphatic heterocycles. The van der Waals surface area contributed by atoms with E-state index in [9.17, 15) is 4.39 Å². The Balaban J connectivity index is 1.83. The van der Waals surface area contributed by atoms with Gasteiger partial charge in [-0.05, 0) is 35.6 Å². The Morgan fingerprint density at radius 3 is 2.54 bits per heavy atom. The van der Waals surface area contributed by atoms with E-state index in [1.54, 1.807) is 12.1 Å². The zero-order chi connectivity index (χ0) is 16.5. The van der Waals surface area contributed by atoms with Gasteiger partial charge < -0.3 is 5.32 Å². The van der Waals surface area contributed by atoms with Crippen molar-refractivity contribution in [1.82, 2.24) is 14.8 Å². The molecule has 0 spiro atoms. The fourth-order valence-electron chi connectivity index (χ4n) is 2.74. The van der Waals surface area contributed by atoms with Gasteiger partial charge in [-0.1, -0.05) is 54.2 Å². The van der Waals surface area contributed by atoms with E-state index in [0.717, 1.165) is 16.8 Å². The first-order valence-electron chi connectivity index (χ1n) is 7.55. The molecule has 4 nitrogen and oxygen atoms in total. The molecule has 0 bridgehead atoms. The Labute approximate surface area is 143 Å². The molecule has 0 fully saturated rings. The normalized spacial score (nSPS) is 16.2. The highest BCUT2D eigenvalue weighted by Gasteiger charge is 2.25. The molecule has 0 saturated carbocycles. The summed E-state index contributed by atoms with van der Waals surface area (Å²) >= 11 is 1.49. The fourth-order valence-corrected chi connectivity index (χ4v) is 3.09. The number of allylic oxidation sites excluding steroid dienone is 1. The van der Waals surface area contributed by atoms with Gasteiger partial charge in [0.15, 0.2) is 0 Å². The Morgan fingerprint density at radius 2 is 1.83 bits per heavy atom. The van der Waals surface area contributed by atoms with Crippen LogP contribution in [0.15, 0.2) is 65.8 Å². The molecule has 1 atom stereocenters. The predicted octanol–water partition coefficient (Wildman–Crippen LogP) is 4.20. The molecule has 24 heavy (non-hydrogen) atoms. The van der Waals surface area contributed by atoms with E-state index in [2.05, 4.69) is 21.5 Å². The molecule has 0 aliphatic carbocycles. The largest absolute Gasteiger partial charge is 0.324 e. The highest BCUT2D eigenvalue weighted by Crippen LogP contribution is 2.33. The van der Waals surface area contributed by atoms with Crippen LogP contribution in [-0.2, 0) is 0 Å². The van der Waals surface area contributed by atoms with E-state index < -0.39 is 0 Å². The Bertz CT molecular complexity index is 887. The lowest BCUT2D eigenvalue weighted by molar-refractivity contribution is 0.592. The summed E-state index contributed by atoms with van der Waals surface area (Å²) in [7, 11) is 0. The number of nitrogens with zero attached hydrogens (tertiary/aromatic N) is 3. The van der Waals surface area contributed by atoms with Gasteiger partial charge in [-0.25, -0.2) is 9.07 Å². The quantitative estimate of drug-likeness (QED) is 0.727. The Morgan fingerprint density at radius 1 is 1.08 bits per heavy atom. The average molecular weight is 338 g/mol. The molecule has 1 N–H and O–H groups in total. The van der Waals surface area contributed by atoms with Crippen LogP contribution in [0.4, 0.5) is 10.3 Å². The molecule has 120 valence electrons. The number of hydrogen-bond acceptors (Lipinski definition) is 4. The van der Waals surface area contributed by atoms with Gasteiger partial charge in [-0.15, -0.1) is 5.10 Å². The third-order valence-electron chi connectivity index (χ3n) is 3.93. The SMILES string of the molecule is CSc1nc2n(n1)C(c1ccc(F)cc1)C=C(c1ccccc1)N2. The maximum Gasteiger partial charge on any atom is 0.227 e. The lowest BCUT2D eigenvalue weighted by Crippen LogP contribution is -2.20. The minimum Gasteiger partial charge on any atom is -0.324 e. The molecule has 2 aromatic carbocycles. The number of benzene rings is 2. The summed E-state index contributed by atoms with van der Waals surface area (Å²) in [5, 5.41) is 8.59. The van der Waals surface area contributed by atoms with E-state index >= 15 is 0 Å². The van der Waals surface area contributed by atoms with E-state index in [0.29, 0.717) is 11.1 Å². The molecule has 3 aromatic rings. The maximum absolute atomic E-state index is 13.3. The van der Waals surface area contributed by atoms with Gasteiger partial charge in [0.25, 0.3) is 0 Å². The molecule has 1 unspecified atom stereocenters. The van der Waals surface area contributed by atoms with Crippen molar-refractivity contribution in [3.63, 3.8) is 0 Å². The van der Waals surface area contributed by atoms with E-state index in [-0.39, 0.29) is 11.9 Å². The van der Waals surface area contributed by atoms with Crippen LogP contribution in [0.5, 0.6) is 0 Å². The van der Waals surface area contributed by atoms with Crippen LogP contribution in [-0.4, -0.2) is 21.0 Å². The summed E-state index contributed by atoms with van der Waals surface area (Å²) in [6.45, 7) is 0. The van der Waals surface area contributed by atoms with Gasteiger partial charge in [0.2, 0.25) is 11.1 Å². The number of aromatic nitrogens is 3.